The molecule has 0 spiro atoms. The number of carbonyl (C=O) groups is 1. The average Bonchev–Trinajstić information content (AvgIpc) is 3.12. The summed E-state index contributed by atoms with van der Waals surface area (Å²) >= 11 is 0. The Balaban J connectivity index is 1.18. The number of likely N-dealkylation sites (tertiary alicyclic amines) is 1. The number of anilines is 2. The fourth-order valence-electron chi connectivity index (χ4n) is 4.98. The van der Waals surface area contributed by atoms with Crippen molar-refractivity contribution < 1.29 is 15.0 Å². The van der Waals surface area contributed by atoms with Gasteiger partial charge in [-0.05, 0) is 49.2 Å². The maximum absolute atomic E-state index is 12.7. The second-order valence-electron chi connectivity index (χ2n) is 9.01. The number of para-hydroxylation sites is 1. The maximum atomic E-state index is 12.7. The van der Waals surface area contributed by atoms with Crippen LogP contribution in [0.1, 0.15) is 18.4 Å². The summed E-state index contributed by atoms with van der Waals surface area (Å²) < 4.78 is 2.18. The Morgan fingerprint density at radius 1 is 1.00 bits per heavy atom. The molecule has 0 unspecified atom stereocenters. The molecule has 1 amide bonds. The van der Waals surface area contributed by atoms with Crippen molar-refractivity contribution in [2.45, 2.75) is 25.5 Å². The van der Waals surface area contributed by atoms with Crippen molar-refractivity contribution in [1.82, 2.24) is 9.47 Å². The number of nitrogens with one attached hydrogen (secondary N) is 2. The first-order chi connectivity index (χ1) is 16.5. The summed E-state index contributed by atoms with van der Waals surface area (Å²) in [7, 11) is 2.06. The van der Waals surface area contributed by atoms with E-state index in [4.69, 9.17) is 0 Å². The normalized spacial score (nSPS) is 15.1. The number of rotatable bonds is 6. The van der Waals surface area contributed by atoms with Crippen LogP contribution in [-0.2, 0) is 18.4 Å². The molecule has 5 rings (SSSR count). The third-order valence-electron chi connectivity index (χ3n) is 6.82. The lowest BCUT2D eigenvalue weighted by molar-refractivity contribution is -0.117. The number of hydrogen-bond acceptors (Lipinski definition) is 5. The van der Waals surface area contributed by atoms with E-state index in [9.17, 15) is 15.0 Å². The second-order valence-corrected chi connectivity index (χ2v) is 9.01. The van der Waals surface area contributed by atoms with Crippen LogP contribution < -0.4 is 10.6 Å². The molecule has 1 aromatic heterocycles. The first-order valence-corrected chi connectivity index (χ1v) is 11.7. The summed E-state index contributed by atoms with van der Waals surface area (Å²) in [4.78, 5) is 14.9. The van der Waals surface area contributed by atoms with Gasteiger partial charge in [-0.3, -0.25) is 9.69 Å². The van der Waals surface area contributed by atoms with Gasteiger partial charge in [-0.1, -0.05) is 24.3 Å². The summed E-state index contributed by atoms with van der Waals surface area (Å²) in [5.74, 6) is 0.0878. The highest BCUT2D eigenvalue weighted by Gasteiger charge is 2.22. The first kappa shape index (κ1) is 22.3. The minimum Gasteiger partial charge on any atom is -0.508 e. The number of phenols is 1. The summed E-state index contributed by atoms with van der Waals surface area (Å²) in [5, 5.41) is 28.3. The van der Waals surface area contributed by atoms with Crippen molar-refractivity contribution in [1.29, 1.82) is 0 Å². The Kier molecular flexibility index (Phi) is 6.13. The smallest absolute Gasteiger partial charge is 0.238 e. The monoisotopic (exact) mass is 458 g/mol. The molecule has 0 radical (unpaired) electrons. The number of aromatic nitrogens is 1. The number of nitrogens with zero attached hydrogens (tertiary/aromatic N) is 2. The standard InChI is InChI=1S/C27H30N4O3/c1-30-24-7-3-2-5-20(24)21-15-19(9-10-25(21)30)29-27(34)16-31-13-11-18(12-14-31)28-23-6-4-8-26(33)22(23)17-32/h2-10,15,18,28,32-33H,11-14,16-17H2,1H3,(H,29,34). The Bertz CT molecular complexity index is 1340. The van der Waals surface area contributed by atoms with E-state index in [2.05, 4.69) is 51.4 Å². The molecule has 1 fully saturated rings. The molecule has 3 aromatic carbocycles. The van der Waals surface area contributed by atoms with Crippen molar-refractivity contribution in [3.8, 4) is 5.75 Å². The van der Waals surface area contributed by atoms with Gasteiger partial charge in [0.15, 0.2) is 0 Å². The van der Waals surface area contributed by atoms with E-state index in [1.54, 1.807) is 12.1 Å². The Morgan fingerprint density at radius 2 is 1.76 bits per heavy atom. The lowest BCUT2D eigenvalue weighted by atomic mass is 10.0. The fraction of sp³-hybridized carbons (Fsp3) is 0.296. The minimum absolute atomic E-state index is 0.0125. The van der Waals surface area contributed by atoms with E-state index in [0.717, 1.165) is 48.2 Å². The number of aliphatic hydroxyl groups excluding tert-OH is 1. The molecule has 176 valence electrons. The number of carbonyl (C=O) groups excluding carboxylic acids is 1. The molecule has 4 N–H and O–H groups in total. The van der Waals surface area contributed by atoms with Crippen molar-refractivity contribution >= 4 is 39.1 Å². The van der Waals surface area contributed by atoms with Gasteiger partial charge in [0.2, 0.25) is 5.91 Å². The molecule has 1 aliphatic heterocycles. The number of hydrogen-bond donors (Lipinski definition) is 4. The van der Waals surface area contributed by atoms with Crippen molar-refractivity contribution in [3.05, 3.63) is 66.2 Å². The molecule has 1 aliphatic rings. The van der Waals surface area contributed by atoms with Gasteiger partial charge in [0, 0.05) is 64.9 Å². The first-order valence-electron chi connectivity index (χ1n) is 11.7. The fourth-order valence-corrected chi connectivity index (χ4v) is 4.98. The Morgan fingerprint density at radius 3 is 2.56 bits per heavy atom. The van der Waals surface area contributed by atoms with Gasteiger partial charge in [-0.15, -0.1) is 0 Å². The third-order valence-corrected chi connectivity index (χ3v) is 6.82. The lowest BCUT2D eigenvalue weighted by Gasteiger charge is -2.32. The molecule has 4 aromatic rings. The Hall–Kier alpha value is -3.55. The molecule has 0 aliphatic carbocycles. The molecule has 1 saturated heterocycles. The number of benzene rings is 3. The highest BCUT2D eigenvalue weighted by molar-refractivity contribution is 6.09. The van der Waals surface area contributed by atoms with Crippen LogP contribution in [0.2, 0.25) is 0 Å². The predicted octanol–water partition coefficient (Wildman–Crippen LogP) is 4.04. The van der Waals surface area contributed by atoms with E-state index in [0.29, 0.717) is 12.1 Å². The maximum Gasteiger partial charge on any atom is 0.238 e. The number of aromatic hydroxyl groups is 1. The largest absolute Gasteiger partial charge is 0.508 e. The molecule has 7 nitrogen and oxygen atoms in total. The third kappa shape index (κ3) is 4.32. The van der Waals surface area contributed by atoms with Crippen LogP contribution in [0.4, 0.5) is 11.4 Å². The van der Waals surface area contributed by atoms with E-state index in [-0.39, 0.29) is 24.3 Å². The topological polar surface area (TPSA) is 89.8 Å². The summed E-state index contributed by atoms with van der Waals surface area (Å²) in [6, 6.07) is 19.8. The minimum atomic E-state index is -0.210. The van der Waals surface area contributed by atoms with Crippen molar-refractivity contribution in [3.63, 3.8) is 0 Å². The molecule has 34 heavy (non-hydrogen) atoms. The van der Waals surface area contributed by atoms with Gasteiger partial charge >= 0.3 is 0 Å². The summed E-state index contributed by atoms with van der Waals surface area (Å²) in [5.41, 5.74) is 4.42. The van der Waals surface area contributed by atoms with Crippen LogP contribution in [0.3, 0.4) is 0 Å². The lowest BCUT2D eigenvalue weighted by Crippen LogP contribution is -2.42. The molecule has 2 heterocycles. The number of aryl methyl sites for hydroxylation is 1. The number of fused-ring (bicyclic) bond motifs is 3. The number of amides is 1. The quantitative estimate of drug-likeness (QED) is 0.350. The zero-order chi connectivity index (χ0) is 23.7. The van der Waals surface area contributed by atoms with E-state index < -0.39 is 0 Å². The van der Waals surface area contributed by atoms with Crippen molar-refractivity contribution in [2.24, 2.45) is 7.05 Å². The van der Waals surface area contributed by atoms with Gasteiger partial charge in [-0.2, -0.15) is 0 Å². The summed E-state index contributed by atoms with van der Waals surface area (Å²) in [6.07, 6.45) is 1.77. The van der Waals surface area contributed by atoms with Crippen molar-refractivity contribution in [2.75, 3.05) is 30.3 Å². The zero-order valence-corrected chi connectivity index (χ0v) is 19.3. The molecule has 0 bridgehead atoms. The highest BCUT2D eigenvalue weighted by Crippen LogP contribution is 2.30. The van der Waals surface area contributed by atoms with Crippen LogP contribution in [0.15, 0.2) is 60.7 Å². The molecule has 0 atom stereocenters. The molecular formula is C27H30N4O3. The van der Waals surface area contributed by atoms with Gasteiger partial charge in [0.05, 0.1) is 13.2 Å². The Labute approximate surface area is 198 Å². The SMILES string of the molecule is Cn1c2ccccc2c2cc(NC(=O)CN3CCC(Nc4cccc(O)c4CO)CC3)ccc21. The van der Waals surface area contributed by atoms with Crippen LogP contribution in [0.25, 0.3) is 21.8 Å². The van der Waals surface area contributed by atoms with Gasteiger partial charge < -0.3 is 25.4 Å². The number of piperidine rings is 1. The van der Waals surface area contributed by atoms with Crippen LogP contribution in [0.5, 0.6) is 5.75 Å². The van der Waals surface area contributed by atoms with E-state index in [1.165, 1.54) is 10.9 Å². The second kappa shape index (κ2) is 9.37. The van der Waals surface area contributed by atoms with Gasteiger partial charge in [0.25, 0.3) is 0 Å². The van der Waals surface area contributed by atoms with Crippen LogP contribution >= 0.6 is 0 Å². The average molecular weight is 459 g/mol. The molecule has 0 saturated carbocycles. The van der Waals surface area contributed by atoms with E-state index >= 15 is 0 Å². The van der Waals surface area contributed by atoms with Gasteiger partial charge in [-0.25, -0.2) is 0 Å². The number of aliphatic hydroxyl groups is 1. The molecule has 7 heteroatoms. The molecular weight excluding hydrogens is 428 g/mol. The van der Waals surface area contributed by atoms with E-state index in [1.807, 2.05) is 24.3 Å². The highest BCUT2D eigenvalue weighted by atomic mass is 16.3. The zero-order valence-electron chi connectivity index (χ0n) is 19.3. The van der Waals surface area contributed by atoms with Crippen LogP contribution in [0, 0.1) is 0 Å². The van der Waals surface area contributed by atoms with Crippen LogP contribution in [-0.4, -0.2) is 51.3 Å². The van der Waals surface area contributed by atoms with Gasteiger partial charge in [0.1, 0.15) is 5.75 Å². The summed E-state index contributed by atoms with van der Waals surface area (Å²) in [6.45, 7) is 1.76. The predicted molar refractivity (Wildman–Crippen MR) is 136 cm³/mol.